The lowest BCUT2D eigenvalue weighted by Crippen LogP contribution is -2.39. The minimum Gasteiger partial charge on any atom is -0.466 e. The molecule has 0 saturated heterocycles. The monoisotopic (exact) mass is 524 g/mol. The summed E-state index contributed by atoms with van der Waals surface area (Å²) in [5.74, 6) is -0.0601. The molecule has 1 unspecified atom stereocenters. The molecule has 1 aliphatic rings. The summed E-state index contributed by atoms with van der Waals surface area (Å²) in [4.78, 5) is 31.1. The van der Waals surface area contributed by atoms with Gasteiger partial charge in [-0.1, -0.05) is 53.8 Å². The molecule has 2 aromatic heterocycles. The van der Waals surface area contributed by atoms with Gasteiger partial charge in [-0.25, -0.2) is 9.79 Å². The van der Waals surface area contributed by atoms with E-state index in [1.54, 1.807) is 19.1 Å². The third-order valence-corrected chi connectivity index (χ3v) is 6.90. The summed E-state index contributed by atoms with van der Waals surface area (Å²) in [6.45, 7) is 1.69. The zero-order chi connectivity index (χ0) is 26.3. The van der Waals surface area contributed by atoms with Crippen LogP contribution in [0.1, 0.15) is 29.9 Å². The average Bonchev–Trinajstić information content (AvgIpc) is 3.47. The van der Waals surface area contributed by atoms with Gasteiger partial charge in [0, 0.05) is 11.6 Å². The van der Waals surface area contributed by atoms with Crippen molar-refractivity contribution in [3.05, 3.63) is 115 Å². The molecule has 0 bridgehead atoms. The Kier molecular flexibility index (Phi) is 6.20. The fourth-order valence-corrected chi connectivity index (χ4v) is 5.23. The van der Waals surface area contributed by atoms with Crippen molar-refractivity contribution in [1.82, 2.24) is 4.57 Å². The Morgan fingerprint density at radius 3 is 2.57 bits per heavy atom. The Bertz CT molecular complexity index is 1710. The summed E-state index contributed by atoms with van der Waals surface area (Å²) in [5.41, 5.74) is 0.515. The maximum atomic E-state index is 13.5. The third kappa shape index (κ3) is 4.55. The normalized spacial score (nSPS) is 15.9. The Morgan fingerprint density at radius 2 is 1.86 bits per heavy atom. The molecule has 0 saturated carbocycles. The molecule has 188 valence electrons. The van der Waals surface area contributed by atoms with Crippen LogP contribution in [-0.2, 0) is 15.7 Å². The molecule has 1 aliphatic heterocycles. The highest BCUT2D eigenvalue weighted by Crippen LogP contribution is 2.33. The molecular weight excluding hydrogens is 505 g/mol. The van der Waals surface area contributed by atoms with Crippen LogP contribution >= 0.6 is 11.3 Å². The summed E-state index contributed by atoms with van der Waals surface area (Å²) >= 11 is 1.12. The summed E-state index contributed by atoms with van der Waals surface area (Å²) < 4.78 is 51.8. The predicted molar refractivity (Wildman–Crippen MR) is 131 cm³/mol. The van der Waals surface area contributed by atoms with Gasteiger partial charge in [0.25, 0.3) is 5.56 Å². The van der Waals surface area contributed by atoms with Crippen LogP contribution in [0.25, 0.3) is 17.4 Å². The van der Waals surface area contributed by atoms with E-state index in [-0.39, 0.29) is 28.2 Å². The minimum absolute atomic E-state index is 0.233. The van der Waals surface area contributed by atoms with Crippen molar-refractivity contribution in [2.45, 2.75) is 19.1 Å². The first-order chi connectivity index (χ1) is 17.7. The molecule has 6 nitrogen and oxygen atoms in total. The number of rotatable bonds is 4. The van der Waals surface area contributed by atoms with Gasteiger partial charge < -0.3 is 9.15 Å². The van der Waals surface area contributed by atoms with Crippen molar-refractivity contribution >= 4 is 23.4 Å². The number of aromatic nitrogens is 1. The number of nitrogens with zero attached hydrogens (tertiary/aromatic N) is 2. The van der Waals surface area contributed by atoms with Crippen LogP contribution in [0.2, 0.25) is 0 Å². The van der Waals surface area contributed by atoms with Crippen LogP contribution in [0.5, 0.6) is 0 Å². The van der Waals surface area contributed by atoms with Crippen LogP contribution in [0.4, 0.5) is 13.2 Å². The molecule has 2 aromatic carbocycles. The molecule has 10 heteroatoms. The Labute approximate surface area is 212 Å². The van der Waals surface area contributed by atoms with Gasteiger partial charge in [-0.3, -0.25) is 9.36 Å². The standard InChI is InChI=1S/C27H19F3N2O4S/c1-15-22(25(34)35-2)23(16-7-4-3-5-8-16)32-24(33)21(37-26(32)31-15)14-19-11-12-20(36-19)17-9-6-10-18(13-17)27(28,29)30/h3-14,23H,1-2H3/b21-14+. The van der Waals surface area contributed by atoms with Crippen molar-refractivity contribution in [2.24, 2.45) is 4.99 Å². The number of methoxy groups -OCH3 is 1. The Balaban J connectivity index is 1.60. The second-order valence-electron chi connectivity index (χ2n) is 8.26. The van der Waals surface area contributed by atoms with Crippen LogP contribution in [0, 0.1) is 0 Å². The molecule has 37 heavy (non-hydrogen) atoms. The zero-order valence-electron chi connectivity index (χ0n) is 19.6. The molecule has 0 aliphatic carbocycles. The van der Waals surface area contributed by atoms with E-state index in [0.29, 0.717) is 15.0 Å². The molecule has 0 fully saturated rings. The number of furan rings is 1. The highest BCUT2D eigenvalue weighted by molar-refractivity contribution is 7.07. The number of halogens is 3. The summed E-state index contributed by atoms with van der Waals surface area (Å²) in [6, 6.07) is 16.3. The van der Waals surface area contributed by atoms with Gasteiger partial charge >= 0.3 is 12.1 Å². The molecule has 4 aromatic rings. The highest BCUT2D eigenvalue weighted by Gasteiger charge is 2.33. The van der Waals surface area contributed by atoms with Gasteiger partial charge in [-0.05, 0) is 36.8 Å². The van der Waals surface area contributed by atoms with Crippen molar-refractivity contribution in [1.29, 1.82) is 0 Å². The fraction of sp³-hybridized carbons (Fsp3) is 0.148. The first kappa shape index (κ1) is 24.5. The Hall–Kier alpha value is -4.18. The number of benzene rings is 2. The lowest BCUT2D eigenvalue weighted by Gasteiger charge is -2.24. The highest BCUT2D eigenvalue weighted by atomic mass is 32.1. The Morgan fingerprint density at radius 1 is 1.11 bits per heavy atom. The second-order valence-corrected chi connectivity index (χ2v) is 9.27. The topological polar surface area (TPSA) is 73.8 Å². The number of fused-ring (bicyclic) bond motifs is 1. The maximum Gasteiger partial charge on any atom is 0.416 e. The summed E-state index contributed by atoms with van der Waals surface area (Å²) in [5, 5.41) is 0. The number of ether oxygens (including phenoxy) is 1. The average molecular weight is 525 g/mol. The number of hydrogen-bond acceptors (Lipinski definition) is 6. The van der Waals surface area contributed by atoms with E-state index < -0.39 is 23.8 Å². The van der Waals surface area contributed by atoms with E-state index in [0.717, 1.165) is 29.0 Å². The molecule has 0 amide bonds. The van der Waals surface area contributed by atoms with Gasteiger partial charge in [0.2, 0.25) is 0 Å². The molecule has 0 N–H and O–H groups in total. The molecule has 3 heterocycles. The van der Waals surface area contributed by atoms with Gasteiger partial charge in [0.05, 0.1) is 34.5 Å². The van der Waals surface area contributed by atoms with Gasteiger partial charge in [0.1, 0.15) is 11.5 Å². The quantitative estimate of drug-likeness (QED) is 0.363. The van der Waals surface area contributed by atoms with E-state index in [1.165, 1.54) is 29.9 Å². The molecular formula is C27H19F3N2O4S. The SMILES string of the molecule is COC(=O)C1=C(C)N=c2s/c(=C/c3ccc(-c4cccc(C(F)(F)F)c4)o3)c(=O)n2C1c1ccccc1. The number of allylic oxidation sites excluding steroid dienone is 1. The number of carbonyl (C=O) groups is 1. The molecule has 1 atom stereocenters. The first-order valence-electron chi connectivity index (χ1n) is 11.1. The van der Waals surface area contributed by atoms with Crippen LogP contribution in [0.15, 0.2) is 92.2 Å². The first-order valence-corrected chi connectivity index (χ1v) is 11.9. The second kappa shape index (κ2) is 9.36. The van der Waals surface area contributed by atoms with Crippen molar-refractivity contribution < 1.29 is 27.1 Å². The van der Waals surface area contributed by atoms with Gasteiger partial charge in [-0.15, -0.1) is 0 Å². The summed E-state index contributed by atoms with van der Waals surface area (Å²) in [7, 11) is 1.27. The molecule has 5 rings (SSSR count). The number of thiazole rings is 1. The smallest absolute Gasteiger partial charge is 0.416 e. The molecule has 0 spiro atoms. The van der Waals surface area contributed by atoms with Crippen molar-refractivity contribution in [2.75, 3.05) is 7.11 Å². The van der Waals surface area contributed by atoms with E-state index in [4.69, 9.17) is 9.15 Å². The van der Waals surface area contributed by atoms with Crippen molar-refractivity contribution in [3.63, 3.8) is 0 Å². The van der Waals surface area contributed by atoms with E-state index in [2.05, 4.69) is 4.99 Å². The van der Waals surface area contributed by atoms with Gasteiger partial charge in [0.15, 0.2) is 4.80 Å². The van der Waals surface area contributed by atoms with Crippen molar-refractivity contribution in [3.8, 4) is 11.3 Å². The molecule has 0 radical (unpaired) electrons. The van der Waals surface area contributed by atoms with E-state index in [1.807, 2.05) is 30.3 Å². The predicted octanol–water partition coefficient (Wildman–Crippen LogP) is 4.69. The zero-order valence-corrected chi connectivity index (χ0v) is 20.4. The summed E-state index contributed by atoms with van der Waals surface area (Å²) in [6.07, 6.45) is -2.96. The maximum absolute atomic E-state index is 13.5. The van der Waals surface area contributed by atoms with Crippen LogP contribution in [-0.4, -0.2) is 17.6 Å². The largest absolute Gasteiger partial charge is 0.466 e. The van der Waals surface area contributed by atoms with Crippen LogP contribution in [0.3, 0.4) is 0 Å². The number of hydrogen-bond donors (Lipinski definition) is 0. The lowest BCUT2D eigenvalue weighted by atomic mass is 9.96. The minimum atomic E-state index is -4.48. The van der Waals surface area contributed by atoms with Gasteiger partial charge in [-0.2, -0.15) is 13.2 Å². The number of alkyl halides is 3. The van der Waals surface area contributed by atoms with E-state index in [9.17, 15) is 22.8 Å². The van der Waals surface area contributed by atoms with Crippen LogP contribution < -0.4 is 14.9 Å². The number of carbonyl (C=O) groups excluding carboxylic acids is 1. The fourth-order valence-electron chi connectivity index (χ4n) is 4.21. The third-order valence-electron chi connectivity index (χ3n) is 5.92. The van der Waals surface area contributed by atoms with E-state index >= 15 is 0 Å². The number of esters is 1. The lowest BCUT2D eigenvalue weighted by molar-refractivity contribution is -0.138.